The number of fused-ring (bicyclic) bond motifs is 1. The van der Waals surface area contributed by atoms with Crippen LogP contribution in [0.2, 0.25) is 0 Å². The number of allylic oxidation sites excluding steroid dienone is 1. The summed E-state index contributed by atoms with van der Waals surface area (Å²) in [4.78, 5) is 5.59. The second-order valence-corrected chi connectivity index (χ2v) is 3.74. The van der Waals surface area contributed by atoms with Gasteiger partial charge in [0.1, 0.15) is 17.7 Å². The van der Waals surface area contributed by atoms with Crippen LogP contribution in [-0.4, -0.2) is 9.97 Å². The molecule has 5 nitrogen and oxygen atoms in total. The van der Waals surface area contributed by atoms with E-state index in [0.717, 1.165) is 0 Å². The molecule has 0 unspecified atom stereocenters. The number of halogens is 3. The van der Waals surface area contributed by atoms with Gasteiger partial charge in [-0.05, 0) is 18.2 Å². The predicted octanol–water partition coefficient (Wildman–Crippen LogP) is 2.92. The van der Waals surface area contributed by atoms with E-state index in [1.807, 2.05) is 0 Å². The number of hydrogen-bond acceptors (Lipinski definition) is 4. The second kappa shape index (κ2) is 4.94. The lowest BCUT2D eigenvalue weighted by Gasteiger charge is -2.00. The van der Waals surface area contributed by atoms with Crippen LogP contribution in [0, 0.1) is 22.7 Å². The molecule has 0 saturated heterocycles. The molecule has 0 aliphatic rings. The third kappa shape index (κ3) is 2.70. The van der Waals surface area contributed by atoms with E-state index in [9.17, 15) is 13.2 Å². The molecule has 8 heteroatoms. The minimum absolute atomic E-state index is 0.148. The van der Waals surface area contributed by atoms with Gasteiger partial charge in [-0.3, -0.25) is 0 Å². The number of benzene rings is 1. The molecular weight excluding hydrogens is 271 g/mol. The van der Waals surface area contributed by atoms with E-state index >= 15 is 0 Å². The summed E-state index contributed by atoms with van der Waals surface area (Å²) in [6, 6.07) is 7.60. The smallest absolute Gasteiger partial charge is 0.360 e. The Balaban J connectivity index is 2.33. The van der Waals surface area contributed by atoms with E-state index in [0.29, 0.717) is 5.69 Å². The molecular formula is C12H6F3N5. The highest BCUT2D eigenvalue weighted by Crippen LogP contribution is 2.29. The van der Waals surface area contributed by atoms with Crippen molar-refractivity contribution in [3.05, 3.63) is 35.8 Å². The number of nitrogens with zero attached hydrogens (tertiary/aromatic N) is 3. The molecule has 20 heavy (non-hydrogen) atoms. The van der Waals surface area contributed by atoms with Crippen molar-refractivity contribution in [2.75, 3.05) is 5.32 Å². The second-order valence-electron chi connectivity index (χ2n) is 3.74. The van der Waals surface area contributed by atoms with E-state index in [2.05, 4.69) is 15.3 Å². The molecule has 2 rings (SSSR count). The highest BCUT2D eigenvalue weighted by atomic mass is 19.4. The first-order valence-electron chi connectivity index (χ1n) is 5.28. The van der Waals surface area contributed by atoms with Crippen LogP contribution >= 0.6 is 0 Å². The number of nitriles is 2. The van der Waals surface area contributed by atoms with Crippen LogP contribution in [0.5, 0.6) is 0 Å². The molecule has 1 aromatic carbocycles. The number of aromatic amines is 1. The van der Waals surface area contributed by atoms with Gasteiger partial charge in [-0.1, -0.05) is 0 Å². The molecule has 0 saturated carbocycles. The number of nitrogens with one attached hydrogen (secondary N) is 2. The molecule has 0 amide bonds. The molecule has 0 atom stereocenters. The van der Waals surface area contributed by atoms with Crippen molar-refractivity contribution in [1.82, 2.24) is 9.97 Å². The number of anilines is 1. The fraction of sp³-hybridized carbons (Fsp3) is 0.0833. The minimum atomic E-state index is -4.54. The maximum atomic E-state index is 12.5. The zero-order valence-electron chi connectivity index (χ0n) is 9.78. The lowest BCUT2D eigenvalue weighted by Crippen LogP contribution is -2.06. The third-order valence-electron chi connectivity index (χ3n) is 2.37. The number of alkyl halides is 3. The minimum Gasteiger partial charge on any atom is -0.360 e. The average molecular weight is 277 g/mol. The zero-order chi connectivity index (χ0) is 14.8. The summed E-state index contributed by atoms with van der Waals surface area (Å²) in [5.41, 5.74) is 0.655. The van der Waals surface area contributed by atoms with Gasteiger partial charge in [-0.15, -0.1) is 0 Å². The summed E-state index contributed by atoms with van der Waals surface area (Å²) in [6.07, 6.45) is -3.37. The monoisotopic (exact) mass is 277 g/mol. The van der Waals surface area contributed by atoms with E-state index in [-0.39, 0.29) is 16.6 Å². The van der Waals surface area contributed by atoms with Crippen molar-refractivity contribution in [2.45, 2.75) is 6.18 Å². The topological polar surface area (TPSA) is 88.3 Å². The van der Waals surface area contributed by atoms with Crippen molar-refractivity contribution in [1.29, 1.82) is 10.5 Å². The summed E-state index contributed by atoms with van der Waals surface area (Å²) in [6.45, 7) is 0. The van der Waals surface area contributed by atoms with Crippen molar-refractivity contribution in [2.24, 2.45) is 0 Å². The fourth-order valence-electron chi connectivity index (χ4n) is 1.48. The molecule has 0 spiro atoms. The maximum Gasteiger partial charge on any atom is 0.449 e. The van der Waals surface area contributed by atoms with E-state index < -0.39 is 12.0 Å². The molecule has 1 aromatic heterocycles. The van der Waals surface area contributed by atoms with Crippen molar-refractivity contribution in [3.63, 3.8) is 0 Å². The number of imidazole rings is 1. The Bertz CT molecular complexity index is 742. The lowest BCUT2D eigenvalue weighted by molar-refractivity contribution is -0.144. The zero-order valence-corrected chi connectivity index (χ0v) is 9.78. The Kier molecular flexibility index (Phi) is 3.32. The average Bonchev–Trinajstić information content (AvgIpc) is 2.83. The van der Waals surface area contributed by atoms with E-state index in [4.69, 9.17) is 10.5 Å². The molecule has 2 N–H and O–H groups in total. The van der Waals surface area contributed by atoms with E-state index in [1.165, 1.54) is 24.4 Å². The van der Waals surface area contributed by atoms with Crippen molar-refractivity contribution < 1.29 is 13.2 Å². The SMILES string of the molecule is N#CC(C#N)=CNc1ccc2nc(C(F)(F)F)[nH]c2c1. The van der Waals surface area contributed by atoms with Crippen LogP contribution in [0.4, 0.5) is 18.9 Å². The highest BCUT2D eigenvalue weighted by Gasteiger charge is 2.34. The van der Waals surface area contributed by atoms with Crippen LogP contribution < -0.4 is 5.32 Å². The van der Waals surface area contributed by atoms with Crippen LogP contribution in [0.3, 0.4) is 0 Å². The first-order valence-corrected chi connectivity index (χ1v) is 5.28. The standard InChI is InChI=1S/C12H6F3N5/c13-12(14,15)11-19-9-2-1-8(3-10(9)20-11)18-6-7(4-16)5-17/h1-3,6,18H,(H,19,20). The van der Waals surface area contributed by atoms with Gasteiger partial charge in [-0.25, -0.2) is 4.98 Å². The summed E-state index contributed by atoms with van der Waals surface area (Å²) in [5.74, 6) is -1.07. The maximum absolute atomic E-state index is 12.5. The molecule has 0 aliphatic carbocycles. The van der Waals surface area contributed by atoms with Gasteiger partial charge >= 0.3 is 6.18 Å². The third-order valence-corrected chi connectivity index (χ3v) is 2.37. The summed E-state index contributed by atoms with van der Waals surface area (Å²) >= 11 is 0. The summed E-state index contributed by atoms with van der Waals surface area (Å²) < 4.78 is 37.4. The number of aromatic nitrogens is 2. The summed E-state index contributed by atoms with van der Waals surface area (Å²) in [7, 11) is 0. The first-order chi connectivity index (χ1) is 9.44. The first kappa shape index (κ1) is 13.4. The van der Waals surface area contributed by atoms with Gasteiger partial charge < -0.3 is 10.3 Å². The lowest BCUT2D eigenvalue weighted by atomic mass is 10.2. The number of hydrogen-bond donors (Lipinski definition) is 2. The molecule has 1 heterocycles. The van der Waals surface area contributed by atoms with Gasteiger partial charge in [0.05, 0.1) is 11.0 Å². The van der Waals surface area contributed by atoms with Gasteiger partial charge in [0.2, 0.25) is 5.82 Å². The van der Waals surface area contributed by atoms with Crippen LogP contribution in [-0.2, 0) is 6.18 Å². The van der Waals surface area contributed by atoms with Gasteiger partial charge in [0.25, 0.3) is 0 Å². The fourth-order valence-corrected chi connectivity index (χ4v) is 1.48. The Morgan fingerprint density at radius 3 is 2.60 bits per heavy atom. The summed E-state index contributed by atoms with van der Waals surface area (Å²) in [5, 5.41) is 19.7. The van der Waals surface area contributed by atoms with Crippen molar-refractivity contribution >= 4 is 16.7 Å². The quantitative estimate of drug-likeness (QED) is 0.826. The number of H-pyrrole nitrogens is 1. The van der Waals surface area contributed by atoms with Crippen molar-refractivity contribution in [3.8, 4) is 12.1 Å². The van der Waals surface area contributed by atoms with Crippen LogP contribution in [0.15, 0.2) is 30.0 Å². The largest absolute Gasteiger partial charge is 0.449 e. The molecule has 0 bridgehead atoms. The molecule has 100 valence electrons. The highest BCUT2D eigenvalue weighted by molar-refractivity contribution is 5.79. The molecule has 0 radical (unpaired) electrons. The Hall–Kier alpha value is -3.00. The van der Waals surface area contributed by atoms with E-state index in [1.54, 1.807) is 12.1 Å². The molecule has 0 aliphatic heterocycles. The Morgan fingerprint density at radius 1 is 1.30 bits per heavy atom. The van der Waals surface area contributed by atoms with Crippen LogP contribution in [0.25, 0.3) is 11.0 Å². The molecule has 2 aromatic rings. The predicted molar refractivity (Wildman–Crippen MR) is 64.0 cm³/mol. The normalized spacial score (nSPS) is 10.7. The van der Waals surface area contributed by atoms with Crippen LogP contribution in [0.1, 0.15) is 5.82 Å². The van der Waals surface area contributed by atoms with Gasteiger partial charge in [0, 0.05) is 11.9 Å². The Morgan fingerprint density at radius 2 is 2.00 bits per heavy atom. The number of rotatable bonds is 2. The van der Waals surface area contributed by atoms with Gasteiger partial charge in [-0.2, -0.15) is 23.7 Å². The Labute approximate surface area is 111 Å². The van der Waals surface area contributed by atoms with Gasteiger partial charge in [0.15, 0.2) is 0 Å². The molecule has 0 fully saturated rings.